The number of nitrogens with zero attached hydrogens (tertiary/aromatic N) is 1. The van der Waals surface area contributed by atoms with Crippen molar-refractivity contribution in [2.45, 2.75) is 32.5 Å². The summed E-state index contributed by atoms with van der Waals surface area (Å²) in [6, 6.07) is 16.7. The van der Waals surface area contributed by atoms with Crippen LogP contribution in [0, 0.1) is 0 Å². The monoisotopic (exact) mass is 447 g/mol. The summed E-state index contributed by atoms with van der Waals surface area (Å²) < 4.78 is 16.5. The summed E-state index contributed by atoms with van der Waals surface area (Å²) in [6.07, 6.45) is 1.32. The molecule has 3 aromatic rings. The lowest BCUT2D eigenvalue weighted by Gasteiger charge is -2.27. The van der Waals surface area contributed by atoms with Crippen LogP contribution in [-0.4, -0.2) is 34.9 Å². The van der Waals surface area contributed by atoms with Gasteiger partial charge in [-0.05, 0) is 49.7 Å². The highest BCUT2D eigenvalue weighted by molar-refractivity contribution is 6.15. The summed E-state index contributed by atoms with van der Waals surface area (Å²) in [5.41, 5.74) is 1.34. The molecule has 2 heterocycles. The molecular formula is C26H25NO6. The SMILES string of the molecule is COc1ccccc1CN1C(=O)C(O)=C(C(=O)c2ccco2)C1c1cccc(OC(C)C)c1. The van der Waals surface area contributed by atoms with Crippen molar-refractivity contribution in [1.82, 2.24) is 4.90 Å². The van der Waals surface area contributed by atoms with E-state index in [-0.39, 0.29) is 24.0 Å². The minimum absolute atomic E-state index is 0.0356. The zero-order chi connectivity index (χ0) is 23.5. The first-order chi connectivity index (χ1) is 15.9. The maximum atomic E-state index is 13.3. The average molecular weight is 447 g/mol. The molecule has 170 valence electrons. The zero-order valence-corrected chi connectivity index (χ0v) is 18.6. The molecule has 7 nitrogen and oxygen atoms in total. The van der Waals surface area contributed by atoms with Gasteiger partial charge < -0.3 is 23.9 Å². The summed E-state index contributed by atoms with van der Waals surface area (Å²) in [7, 11) is 1.55. The Morgan fingerprint density at radius 3 is 2.61 bits per heavy atom. The van der Waals surface area contributed by atoms with E-state index in [4.69, 9.17) is 13.9 Å². The molecule has 0 radical (unpaired) electrons. The molecule has 0 fully saturated rings. The van der Waals surface area contributed by atoms with Crippen LogP contribution < -0.4 is 9.47 Å². The van der Waals surface area contributed by atoms with Gasteiger partial charge in [0.2, 0.25) is 5.78 Å². The van der Waals surface area contributed by atoms with Gasteiger partial charge in [-0.25, -0.2) is 0 Å². The summed E-state index contributed by atoms with van der Waals surface area (Å²) in [4.78, 5) is 27.9. The normalized spacial score (nSPS) is 15.9. The molecule has 1 aromatic heterocycles. The highest BCUT2D eigenvalue weighted by Crippen LogP contribution is 2.41. The number of amides is 1. The number of para-hydroxylation sites is 1. The van der Waals surface area contributed by atoms with Crippen molar-refractivity contribution in [3.8, 4) is 11.5 Å². The molecule has 7 heteroatoms. The third kappa shape index (κ3) is 4.35. The summed E-state index contributed by atoms with van der Waals surface area (Å²) in [6.45, 7) is 3.95. The first-order valence-corrected chi connectivity index (χ1v) is 10.6. The number of aliphatic hydroxyl groups excluding tert-OH is 1. The van der Waals surface area contributed by atoms with Crippen molar-refractivity contribution in [3.05, 3.63) is 95.1 Å². The highest BCUT2D eigenvalue weighted by atomic mass is 16.5. The van der Waals surface area contributed by atoms with Gasteiger partial charge in [0.1, 0.15) is 11.5 Å². The van der Waals surface area contributed by atoms with Gasteiger partial charge >= 0.3 is 0 Å². The molecule has 0 bridgehead atoms. The van der Waals surface area contributed by atoms with Gasteiger partial charge in [-0.3, -0.25) is 9.59 Å². The lowest BCUT2D eigenvalue weighted by atomic mass is 9.94. The fourth-order valence-electron chi connectivity index (χ4n) is 3.98. The molecule has 0 spiro atoms. The average Bonchev–Trinajstić information content (AvgIpc) is 3.42. The first-order valence-electron chi connectivity index (χ1n) is 10.6. The van der Waals surface area contributed by atoms with E-state index in [2.05, 4.69) is 0 Å². The van der Waals surface area contributed by atoms with Crippen molar-refractivity contribution in [1.29, 1.82) is 0 Å². The van der Waals surface area contributed by atoms with Gasteiger partial charge in [-0.2, -0.15) is 0 Å². The van der Waals surface area contributed by atoms with Crippen LogP contribution in [0.5, 0.6) is 11.5 Å². The third-order valence-corrected chi connectivity index (χ3v) is 5.37. The predicted octanol–water partition coefficient (Wildman–Crippen LogP) is 4.85. The first kappa shape index (κ1) is 22.2. The molecule has 0 aliphatic carbocycles. The van der Waals surface area contributed by atoms with E-state index in [0.29, 0.717) is 17.1 Å². The van der Waals surface area contributed by atoms with Gasteiger partial charge in [0.15, 0.2) is 11.5 Å². The van der Waals surface area contributed by atoms with Crippen LogP contribution in [0.2, 0.25) is 0 Å². The van der Waals surface area contributed by atoms with Crippen LogP contribution >= 0.6 is 0 Å². The number of carbonyl (C=O) groups is 2. The maximum Gasteiger partial charge on any atom is 0.290 e. The number of carbonyl (C=O) groups excluding carboxylic acids is 2. The molecule has 1 amide bonds. The molecule has 1 unspecified atom stereocenters. The van der Waals surface area contributed by atoms with E-state index in [1.807, 2.05) is 38.1 Å². The van der Waals surface area contributed by atoms with Crippen molar-refractivity contribution < 1.29 is 28.6 Å². The van der Waals surface area contributed by atoms with Crippen LogP contribution in [0.4, 0.5) is 0 Å². The Labute approximate surface area is 191 Å². The minimum Gasteiger partial charge on any atom is -0.503 e. The van der Waals surface area contributed by atoms with Crippen molar-refractivity contribution in [2.75, 3.05) is 7.11 Å². The predicted molar refractivity (Wildman–Crippen MR) is 121 cm³/mol. The molecule has 33 heavy (non-hydrogen) atoms. The van der Waals surface area contributed by atoms with E-state index in [9.17, 15) is 14.7 Å². The van der Waals surface area contributed by atoms with Crippen LogP contribution in [0.1, 0.15) is 41.6 Å². The van der Waals surface area contributed by atoms with E-state index in [0.717, 1.165) is 5.56 Å². The molecule has 2 aromatic carbocycles. The van der Waals surface area contributed by atoms with Gasteiger partial charge in [0.25, 0.3) is 5.91 Å². The number of hydrogen-bond donors (Lipinski definition) is 1. The van der Waals surface area contributed by atoms with E-state index >= 15 is 0 Å². The van der Waals surface area contributed by atoms with Gasteiger partial charge in [-0.15, -0.1) is 0 Å². The zero-order valence-electron chi connectivity index (χ0n) is 18.6. The number of hydrogen-bond acceptors (Lipinski definition) is 6. The summed E-state index contributed by atoms with van der Waals surface area (Å²) in [5.74, 6) is -0.534. The van der Waals surface area contributed by atoms with Crippen molar-refractivity contribution in [2.24, 2.45) is 0 Å². The largest absolute Gasteiger partial charge is 0.503 e. The number of benzene rings is 2. The maximum absolute atomic E-state index is 13.3. The van der Waals surface area contributed by atoms with Crippen molar-refractivity contribution in [3.63, 3.8) is 0 Å². The molecular weight excluding hydrogens is 422 g/mol. The lowest BCUT2D eigenvalue weighted by molar-refractivity contribution is -0.130. The Morgan fingerprint density at radius 1 is 1.12 bits per heavy atom. The Morgan fingerprint density at radius 2 is 1.91 bits per heavy atom. The number of Topliss-reactive ketones (excluding diaryl/α,β-unsaturated/α-hetero) is 1. The molecule has 0 saturated carbocycles. The number of rotatable bonds is 8. The standard InChI is InChI=1S/C26H25NO6/c1-16(2)33-19-10-6-9-17(14-19)23-22(24(28)21-12-7-13-32-21)25(29)26(30)27(23)15-18-8-4-5-11-20(18)31-3/h4-14,16,23,29H,15H2,1-3H3. The topological polar surface area (TPSA) is 89.2 Å². The number of aliphatic hydroxyl groups is 1. The Kier molecular flexibility index (Phi) is 6.22. The Hall–Kier alpha value is -4.00. The van der Waals surface area contributed by atoms with Crippen LogP contribution in [0.25, 0.3) is 0 Å². The van der Waals surface area contributed by atoms with Crippen LogP contribution in [0.3, 0.4) is 0 Å². The molecule has 0 saturated heterocycles. The van der Waals surface area contributed by atoms with Gasteiger partial charge in [-0.1, -0.05) is 30.3 Å². The second kappa shape index (κ2) is 9.24. The van der Waals surface area contributed by atoms with Crippen LogP contribution in [0.15, 0.2) is 82.7 Å². The summed E-state index contributed by atoms with van der Waals surface area (Å²) >= 11 is 0. The molecule has 1 atom stereocenters. The molecule has 1 aliphatic rings. The molecule has 1 aliphatic heterocycles. The fourth-order valence-corrected chi connectivity index (χ4v) is 3.98. The second-order valence-corrected chi connectivity index (χ2v) is 7.96. The van der Waals surface area contributed by atoms with E-state index in [1.54, 1.807) is 37.4 Å². The van der Waals surface area contributed by atoms with E-state index < -0.39 is 23.5 Å². The second-order valence-electron chi connectivity index (χ2n) is 7.96. The third-order valence-electron chi connectivity index (χ3n) is 5.37. The number of ether oxygens (including phenoxy) is 2. The van der Waals surface area contributed by atoms with Crippen LogP contribution in [-0.2, 0) is 11.3 Å². The number of methoxy groups -OCH3 is 1. The molecule has 4 rings (SSSR count). The number of ketones is 1. The molecule has 1 N–H and O–H groups in total. The van der Waals surface area contributed by atoms with E-state index in [1.165, 1.54) is 17.2 Å². The quantitative estimate of drug-likeness (QED) is 0.497. The summed E-state index contributed by atoms with van der Waals surface area (Å²) in [5, 5.41) is 10.8. The van der Waals surface area contributed by atoms with Gasteiger partial charge in [0, 0.05) is 5.56 Å². The van der Waals surface area contributed by atoms with Gasteiger partial charge in [0.05, 0.1) is 37.6 Å². The minimum atomic E-state index is -0.837. The van der Waals surface area contributed by atoms with Crippen molar-refractivity contribution >= 4 is 11.7 Å². The Bertz CT molecular complexity index is 1200. The smallest absolute Gasteiger partial charge is 0.290 e. The lowest BCUT2D eigenvalue weighted by Crippen LogP contribution is -2.31. The highest BCUT2D eigenvalue weighted by Gasteiger charge is 2.44. The fraction of sp³-hybridized carbons (Fsp3) is 0.231. The Balaban J connectivity index is 1.81. The number of furan rings is 1.